The van der Waals surface area contributed by atoms with E-state index >= 15 is 0 Å². The number of amides is 1. The predicted molar refractivity (Wildman–Crippen MR) is 110 cm³/mol. The second-order valence-electron chi connectivity index (χ2n) is 6.66. The maximum Gasteiger partial charge on any atom is 0.292 e. The predicted octanol–water partition coefficient (Wildman–Crippen LogP) is 5.19. The maximum atomic E-state index is 12.8. The zero-order chi connectivity index (χ0) is 19.3. The van der Waals surface area contributed by atoms with Crippen LogP contribution in [0.15, 0.2) is 88.1 Å². The van der Waals surface area contributed by atoms with Crippen LogP contribution < -0.4 is 0 Å². The van der Waals surface area contributed by atoms with Gasteiger partial charge in [0, 0.05) is 19.7 Å². The van der Waals surface area contributed by atoms with E-state index in [1.807, 2.05) is 53.2 Å². The molecule has 0 saturated carbocycles. The standard InChI is InChI=1S/C23H20N2O2S/c1-25(15-17-12-13-28-16-17)23(26)21-14-20(24-27-21)22(18-8-4-2-5-9-18)19-10-6-3-7-11-19/h2-14,16,22H,15H2,1H3. The Balaban J connectivity index is 1.62. The highest BCUT2D eigenvalue weighted by Gasteiger charge is 2.24. The van der Waals surface area contributed by atoms with Gasteiger partial charge in [0.15, 0.2) is 0 Å². The molecule has 4 aromatic rings. The van der Waals surface area contributed by atoms with Crippen molar-refractivity contribution in [1.82, 2.24) is 10.1 Å². The van der Waals surface area contributed by atoms with E-state index in [4.69, 9.17) is 4.52 Å². The smallest absolute Gasteiger partial charge is 0.292 e. The molecule has 0 N–H and O–H groups in total. The van der Waals surface area contributed by atoms with E-state index in [2.05, 4.69) is 29.4 Å². The van der Waals surface area contributed by atoms with Gasteiger partial charge in [-0.05, 0) is 33.5 Å². The molecule has 2 aromatic carbocycles. The zero-order valence-corrected chi connectivity index (χ0v) is 16.3. The van der Waals surface area contributed by atoms with E-state index < -0.39 is 0 Å². The molecular weight excluding hydrogens is 368 g/mol. The monoisotopic (exact) mass is 388 g/mol. The normalized spacial score (nSPS) is 10.9. The summed E-state index contributed by atoms with van der Waals surface area (Å²) in [5, 5.41) is 8.29. The lowest BCUT2D eigenvalue weighted by Gasteiger charge is -2.15. The number of thiophene rings is 1. The lowest BCUT2D eigenvalue weighted by atomic mass is 9.88. The number of nitrogens with zero attached hydrogens (tertiary/aromatic N) is 2. The lowest BCUT2D eigenvalue weighted by Crippen LogP contribution is -2.25. The molecule has 0 bridgehead atoms. The average Bonchev–Trinajstić information content (AvgIpc) is 3.42. The van der Waals surface area contributed by atoms with E-state index in [9.17, 15) is 4.79 Å². The van der Waals surface area contributed by atoms with Crippen molar-refractivity contribution in [2.75, 3.05) is 7.05 Å². The molecule has 140 valence electrons. The van der Waals surface area contributed by atoms with Crippen LogP contribution in [0, 0.1) is 0 Å². The van der Waals surface area contributed by atoms with Crippen LogP contribution in [0.4, 0.5) is 0 Å². The number of rotatable bonds is 6. The molecule has 0 aliphatic rings. The van der Waals surface area contributed by atoms with Crippen molar-refractivity contribution in [3.05, 3.63) is 112 Å². The van der Waals surface area contributed by atoms with Gasteiger partial charge in [0.05, 0.1) is 11.6 Å². The molecule has 4 rings (SSSR count). The van der Waals surface area contributed by atoms with Crippen LogP contribution in [0.25, 0.3) is 0 Å². The number of hydrogen-bond acceptors (Lipinski definition) is 4. The van der Waals surface area contributed by atoms with Crippen molar-refractivity contribution in [1.29, 1.82) is 0 Å². The van der Waals surface area contributed by atoms with Crippen LogP contribution in [0.2, 0.25) is 0 Å². The van der Waals surface area contributed by atoms with Crippen molar-refractivity contribution < 1.29 is 9.32 Å². The van der Waals surface area contributed by atoms with Gasteiger partial charge in [-0.2, -0.15) is 11.3 Å². The Morgan fingerprint density at radius 2 is 1.68 bits per heavy atom. The van der Waals surface area contributed by atoms with Gasteiger partial charge in [-0.15, -0.1) is 0 Å². The average molecular weight is 388 g/mol. The third-order valence-electron chi connectivity index (χ3n) is 4.65. The Morgan fingerprint density at radius 3 is 2.25 bits per heavy atom. The number of hydrogen-bond donors (Lipinski definition) is 0. The van der Waals surface area contributed by atoms with E-state index in [1.54, 1.807) is 29.4 Å². The van der Waals surface area contributed by atoms with Crippen LogP contribution in [-0.4, -0.2) is 23.0 Å². The molecule has 0 radical (unpaired) electrons. The van der Waals surface area contributed by atoms with E-state index in [1.165, 1.54) is 0 Å². The van der Waals surface area contributed by atoms with Crippen molar-refractivity contribution in [3.63, 3.8) is 0 Å². The summed E-state index contributed by atoms with van der Waals surface area (Å²) in [6, 6.07) is 24.0. The third kappa shape index (κ3) is 3.89. The molecule has 0 fully saturated rings. The molecule has 0 aliphatic carbocycles. The van der Waals surface area contributed by atoms with Crippen LogP contribution >= 0.6 is 11.3 Å². The van der Waals surface area contributed by atoms with Crippen LogP contribution in [0.5, 0.6) is 0 Å². The summed E-state index contributed by atoms with van der Waals surface area (Å²) < 4.78 is 5.45. The second-order valence-corrected chi connectivity index (χ2v) is 7.44. The van der Waals surface area contributed by atoms with Crippen LogP contribution in [0.3, 0.4) is 0 Å². The molecule has 2 aromatic heterocycles. The van der Waals surface area contributed by atoms with Crippen molar-refractivity contribution in [2.24, 2.45) is 0 Å². The number of aromatic nitrogens is 1. The minimum Gasteiger partial charge on any atom is -0.351 e. The van der Waals surface area contributed by atoms with Gasteiger partial charge in [-0.3, -0.25) is 4.79 Å². The SMILES string of the molecule is CN(Cc1ccsc1)C(=O)c1cc(C(c2ccccc2)c2ccccc2)no1. The van der Waals surface area contributed by atoms with Gasteiger partial charge in [0.25, 0.3) is 5.91 Å². The number of benzene rings is 2. The van der Waals surface area contributed by atoms with Gasteiger partial charge in [-0.25, -0.2) is 0 Å². The summed E-state index contributed by atoms with van der Waals surface area (Å²) in [5.74, 6) is -0.00991. The molecule has 1 amide bonds. The Hall–Kier alpha value is -3.18. The van der Waals surface area contributed by atoms with E-state index in [0.29, 0.717) is 6.54 Å². The molecule has 0 aliphatic heterocycles. The summed E-state index contributed by atoms with van der Waals surface area (Å²) in [4.78, 5) is 14.4. The third-order valence-corrected chi connectivity index (χ3v) is 5.38. The van der Waals surface area contributed by atoms with Crippen molar-refractivity contribution >= 4 is 17.2 Å². The highest BCUT2D eigenvalue weighted by atomic mass is 32.1. The molecule has 0 atom stereocenters. The largest absolute Gasteiger partial charge is 0.351 e. The summed E-state index contributed by atoms with van der Waals surface area (Å²) >= 11 is 1.62. The summed E-state index contributed by atoms with van der Waals surface area (Å²) in [5.41, 5.74) is 4.04. The zero-order valence-electron chi connectivity index (χ0n) is 15.5. The summed E-state index contributed by atoms with van der Waals surface area (Å²) in [6.07, 6.45) is 0. The Morgan fingerprint density at radius 1 is 1.04 bits per heavy atom. The Labute approximate surface area is 168 Å². The van der Waals surface area contributed by atoms with Gasteiger partial charge < -0.3 is 9.42 Å². The molecule has 28 heavy (non-hydrogen) atoms. The van der Waals surface area contributed by atoms with Crippen molar-refractivity contribution in [3.8, 4) is 0 Å². The van der Waals surface area contributed by atoms with Gasteiger partial charge in [0.2, 0.25) is 5.76 Å². The number of carbonyl (C=O) groups excluding carboxylic acids is 1. The lowest BCUT2D eigenvalue weighted by molar-refractivity contribution is 0.0743. The first-order chi connectivity index (χ1) is 13.7. The van der Waals surface area contributed by atoms with Gasteiger partial charge >= 0.3 is 0 Å². The molecule has 0 spiro atoms. The molecule has 4 nitrogen and oxygen atoms in total. The number of carbonyl (C=O) groups is 1. The minimum atomic E-state index is -0.176. The van der Waals surface area contributed by atoms with Gasteiger partial charge in [0.1, 0.15) is 0 Å². The fourth-order valence-electron chi connectivity index (χ4n) is 3.27. The van der Waals surface area contributed by atoms with E-state index in [-0.39, 0.29) is 17.6 Å². The molecule has 0 unspecified atom stereocenters. The van der Waals surface area contributed by atoms with Gasteiger partial charge in [-0.1, -0.05) is 65.8 Å². The molecule has 5 heteroatoms. The fourth-order valence-corrected chi connectivity index (χ4v) is 3.93. The highest BCUT2D eigenvalue weighted by molar-refractivity contribution is 7.07. The topological polar surface area (TPSA) is 46.3 Å². The maximum absolute atomic E-state index is 12.8. The van der Waals surface area contributed by atoms with E-state index in [0.717, 1.165) is 22.4 Å². The highest BCUT2D eigenvalue weighted by Crippen LogP contribution is 2.31. The quantitative estimate of drug-likeness (QED) is 0.457. The first kappa shape index (κ1) is 18.2. The fraction of sp³-hybridized carbons (Fsp3) is 0.130. The summed E-state index contributed by atoms with van der Waals surface area (Å²) in [6.45, 7) is 0.541. The van der Waals surface area contributed by atoms with Crippen LogP contribution in [-0.2, 0) is 6.54 Å². The Bertz CT molecular complexity index is 987. The summed E-state index contributed by atoms with van der Waals surface area (Å²) in [7, 11) is 1.77. The second kappa shape index (κ2) is 8.23. The minimum absolute atomic E-state index is 0.0881. The molecular formula is C23H20N2O2S. The Kier molecular flexibility index (Phi) is 5.35. The van der Waals surface area contributed by atoms with Crippen molar-refractivity contribution in [2.45, 2.75) is 12.5 Å². The molecule has 0 saturated heterocycles. The first-order valence-corrected chi connectivity index (χ1v) is 9.99. The molecule has 2 heterocycles. The first-order valence-electron chi connectivity index (χ1n) is 9.05. The van der Waals surface area contributed by atoms with Crippen LogP contribution in [0.1, 0.15) is 38.9 Å².